The molecule has 8 nitrogen and oxygen atoms in total. The Hall–Kier alpha value is -3.30. The second kappa shape index (κ2) is 9.68. The van der Waals surface area contributed by atoms with Crippen LogP contribution in [0.2, 0.25) is 0 Å². The monoisotopic (exact) mass is 468 g/mol. The van der Waals surface area contributed by atoms with Crippen molar-refractivity contribution in [3.8, 4) is 11.4 Å². The molecule has 33 heavy (non-hydrogen) atoms. The highest BCUT2D eigenvalue weighted by molar-refractivity contribution is 7.89. The Labute approximate surface area is 193 Å². The van der Waals surface area contributed by atoms with E-state index in [9.17, 15) is 18.0 Å². The van der Waals surface area contributed by atoms with Crippen LogP contribution in [0.3, 0.4) is 0 Å². The average Bonchev–Trinajstić information content (AvgIpc) is 2.72. The van der Waals surface area contributed by atoms with Crippen LogP contribution in [0.4, 0.5) is 5.69 Å². The minimum atomic E-state index is -3.71. The number of aryl methyl sites for hydroxylation is 1. The van der Waals surface area contributed by atoms with Crippen molar-refractivity contribution in [3.05, 3.63) is 76.2 Å². The number of anilines is 1. The summed E-state index contributed by atoms with van der Waals surface area (Å²) < 4.78 is 27.5. The molecule has 0 saturated carbocycles. The van der Waals surface area contributed by atoms with Crippen molar-refractivity contribution in [2.75, 3.05) is 11.9 Å². The third-order valence-electron chi connectivity index (χ3n) is 4.96. The summed E-state index contributed by atoms with van der Waals surface area (Å²) in [6.07, 6.45) is -0.0386. The normalized spacial score (nSPS) is 11.9. The largest absolute Gasteiger partial charge is 0.326 e. The van der Waals surface area contributed by atoms with Gasteiger partial charge in [-0.2, -0.15) is 0 Å². The van der Waals surface area contributed by atoms with Crippen molar-refractivity contribution in [3.63, 3.8) is 0 Å². The summed E-state index contributed by atoms with van der Waals surface area (Å²) in [6, 6.07) is 15.0. The Balaban J connectivity index is 1.59. The molecule has 0 atom stereocenters. The first-order valence-corrected chi connectivity index (χ1v) is 12.0. The van der Waals surface area contributed by atoms with E-state index >= 15 is 0 Å². The highest BCUT2D eigenvalue weighted by atomic mass is 32.2. The second-order valence-electron chi connectivity index (χ2n) is 8.79. The van der Waals surface area contributed by atoms with Gasteiger partial charge in [0.1, 0.15) is 5.82 Å². The molecule has 2 aromatic carbocycles. The Morgan fingerprint density at radius 3 is 2.39 bits per heavy atom. The van der Waals surface area contributed by atoms with Crippen LogP contribution in [0.1, 0.15) is 38.4 Å². The summed E-state index contributed by atoms with van der Waals surface area (Å²) in [5, 5.41) is 2.74. The van der Waals surface area contributed by atoms with Gasteiger partial charge < -0.3 is 10.3 Å². The number of amides is 1. The molecule has 3 N–H and O–H groups in total. The number of hydrogen-bond acceptors (Lipinski definition) is 5. The van der Waals surface area contributed by atoms with Crippen molar-refractivity contribution in [1.82, 2.24) is 14.7 Å². The quantitative estimate of drug-likeness (QED) is 0.491. The van der Waals surface area contributed by atoms with Crippen LogP contribution in [0.15, 0.2) is 64.3 Å². The third kappa shape index (κ3) is 6.59. The number of H-pyrrole nitrogens is 1. The van der Waals surface area contributed by atoms with E-state index in [1.165, 1.54) is 6.07 Å². The van der Waals surface area contributed by atoms with Crippen molar-refractivity contribution in [2.24, 2.45) is 0 Å². The number of rotatable bonds is 7. The van der Waals surface area contributed by atoms with Gasteiger partial charge in [0.15, 0.2) is 0 Å². The predicted molar refractivity (Wildman–Crippen MR) is 129 cm³/mol. The van der Waals surface area contributed by atoms with Gasteiger partial charge in [0.05, 0.1) is 4.90 Å². The lowest BCUT2D eigenvalue weighted by molar-refractivity contribution is -0.116. The van der Waals surface area contributed by atoms with Crippen LogP contribution in [0.25, 0.3) is 11.4 Å². The molecule has 9 heteroatoms. The van der Waals surface area contributed by atoms with Crippen molar-refractivity contribution in [2.45, 2.75) is 44.4 Å². The zero-order valence-electron chi connectivity index (χ0n) is 19.1. The van der Waals surface area contributed by atoms with E-state index in [0.29, 0.717) is 22.8 Å². The van der Waals surface area contributed by atoms with Gasteiger partial charge in [-0.25, -0.2) is 18.1 Å². The molecule has 0 fully saturated rings. The minimum absolute atomic E-state index is 0.0386. The summed E-state index contributed by atoms with van der Waals surface area (Å²) in [7, 11) is -3.71. The molecule has 0 saturated heterocycles. The van der Waals surface area contributed by atoms with E-state index in [0.717, 1.165) is 5.56 Å². The SMILES string of the molecule is Cc1cc(=O)[nH]c(-c2cccc(NC(=O)CCNS(=O)(=O)c3ccc(C(C)(C)C)cc3)c2)n1. The van der Waals surface area contributed by atoms with E-state index in [-0.39, 0.29) is 34.7 Å². The lowest BCUT2D eigenvalue weighted by Gasteiger charge is -2.19. The summed E-state index contributed by atoms with van der Waals surface area (Å²) >= 11 is 0. The van der Waals surface area contributed by atoms with Gasteiger partial charge in [0.25, 0.3) is 5.56 Å². The van der Waals surface area contributed by atoms with Gasteiger partial charge in [-0.15, -0.1) is 0 Å². The molecule has 1 aromatic heterocycles. The number of aromatic amines is 1. The molecule has 1 amide bonds. The minimum Gasteiger partial charge on any atom is -0.326 e. The van der Waals surface area contributed by atoms with Crippen LogP contribution < -0.4 is 15.6 Å². The number of sulfonamides is 1. The highest BCUT2D eigenvalue weighted by Crippen LogP contribution is 2.23. The number of carbonyl (C=O) groups is 1. The zero-order valence-corrected chi connectivity index (χ0v) is 19.9. The summed E-state index contributed by atoms with van der Waals surface area (Å²) in [6.45, 7) is 7.85. The lowest BCUT2D eigenvalue weighted by atomic mass is 9.87. The van der Waals surface area contributed by atoms with Crippen LogP contribution in [-0.4, -0.2) is 30.8 Å². The first kappa shape index (κ1) is 24.3. The van der Waals surface area contributed by atoms with Gasteiger partial charge in [0, 0.05) is 36.0 Å². The third-order valence-corrected chi connectivity index (χ3v) is 6.44. The van der Waals surface area contributed by atoms with Gasteiger partial charge in [-0.1, -0.05) is 45.0 Å². The Morgan fingerprint density at radius 1 is 1.06 bits per heavy atom. The van der Waals surface area contributed by atoms with E-state index in [4.69, 9.17) is 0 Å². The topological polar surface area (TPSA) is 121 Å². The maximum absolute atomic E-state index is 12.5. The number of aromatic nitrogens is 2. The van der Waals surface area contributed by atoms with Crippen molar-refractivity contribution < 1.29 is 13.2 Å². The summed E-state index contributed by atoms with van der Waals surface area (Å²) in [5.74, 6) is 0.0602. The van der Waals surface area contributed by atoms with E-state index in [2.05, 4.69) is 40.8 Å². The number of carbonyl (C=O) groups excluding carboxylic acids is 1. The Morgan fingerprint density at radius 2 is 1.76 bits per heavy atom. The standard InChI is InChI=1S/C24H28N4O4S/c1-16-14-22(30)28-23(26-16)17-6-5-7-19(15-17)27-21(29)12-13-25-33(31,32)20-10-8-18(9-11-20)24(2,3)4/h5-11,14-15,25H,12-13H2,1-4H3,(H,27,29)(H,26,28,30). The molecule has 0 aliphatic carbocycles. The molecule has 0 spiro atoms. The van der Waals surface area contributed by atoms with Gasteiger partial charge >= 0.3 is 0 Å². The Kier molecular flexibility index (Phi) is 7.14. The number of hydrogen-bond donors (Lipinski definition) is 3. The number of nitrogens with one attached hydrogen (secondary N) is 3. The molecule has 174 valence electrons. The maximum atomic E-state index is 12.5. The average molecular weight is 469 g/mol. The molecule has 0 aliphatic rings. The Bertz CT molecular complexity index is 1310. The number of nitrogens with zero attached hydrogens (tertiary/aromatic N) is 1. The molecule has 3 rings (SSSR count). The van der Waals surface area contributed by atoms with Crippen LogP contribution in [0, 0.1) is 6.92 Å². The van der Waals surface area contributed by atoms with E-state index in [1.54, 1.807) is 55.5 Å². The van der Waals surface area contributed by atoms with Crippen LogP contribution in [-0.2, 0) is 20.2 Å². The van der Waals surface area contributed by atoms with Crippen LogP contribution >= 0.6 is 0 Å². The fraction of sp³-hybridized carbons (Fsp3) is 0.292. The molecule has 1 heterocycles. The summed E-state index contributed by atoms with van der Waals surface area (Å²) in [4.78, 5) is 31.1. The maximum Gasteiger partial charge on any atom is 0.251 e. The second-order valence-corrected chi connectivity index (χ2v) is 10.6. The van der Waals surface area contributed by atoms with Crippen LogP contribution in [0.5, 0.6) is 0 Å². The smallest absolute Gasteiger partial charge is 0.251 e. The molecule has 3 aromatic rings. The molecule has 0 bridgehead atoms. The molecular weight excluding hydrogens is 440 g/mol. The van der Waals surface area contributed by atoms with E-state index < -0.39 is 10.0 Å². The van der Waals surface area contributed by atoms with Gasteiger partial charge in [-0.3, -0.25) is 9.59 Å². The fourth-order valence-corrected chi connectivity index (χ4v) is 4.23. The number of benzene rings is 2. The molecular formula is C24H28N4O4S. The zero-order chi connectivity index (χ0) is 24.2. The van der Waals surface area contributed by atoms with Crippen molar-refractivity contribution in [1.29, 1.82) is 0 Å². The summed E-state index contributed by atoms with van der Waals surface area (Å²) in [5.41, 5.74) is 2.45. The van der Waals surface area contributed by atoms with Gasteiger partial charge in [-0.05, 0) is 42.2 Å². The molecule has 0 unspecified atom stereocenters. The first-order chi connectivity index (χ1) is 15.4. The molecule has 0 aliphatic heterocycles. The van der Waals surface area contributed by atoms with Gasteiger partial charge in [0.2, 0.25) is 15.9 Å². The van der Waals surface area contributed by atoms with Crippen molar-refractivity contribution >= 4 is 21.6 Å². The predicted octanol–water partition coefficient (Wildman–Crippen LogP) is 3.35. The fourth-order valence-electron chi connectivity index (χ4n) is 3.20. The molecule has 0 radical (unpaired) electrons. The first-order valence-electron chi connectivity index (χ1n) is 10.5. The lowest BCUT2D eigenvalue weighted by Crippen LogP contribution is -2.28. The highest BCUT2D eigenvalue weighted by Gasteiger charge is 2.17. The van der Waals surface area contributed by atoms with E-state index in [1.807, 2.05) is 0 Å².